The highest BCUT2D eigenvalue weighted by atomic mass is 16.7. The van der Waals surface area contributed by atoms with Gasteiger partial charge < -0.3 is 33.9 Å². The Hall–Kier alpha value is -2.34. The average molecular weight is 519 g/mol. The molecule has 2 N–H and O–H groups in total. The number of fused-ring (bicyclic) bond motifs is 1. The van der Waals surface area contributed by atoms with Crippen molar-refractivity contribution in [2.24, 2.45) is 28.1 Å². The van der Waals surface area contributed by atoms with Crippen LogP contribution in [0.1, 0.15) is 47.0 Å². The Bertz CT molecular complexity index is 1210. The molecule has 2 spiro atoms. The minimum Gasteiger partial charge on any atom is -0.465 e. The van der Waals surface area contributed by atoms with Crippen LogP contribution < -0.4 is 0 Å². The van der Waals surface area contributed by atoms with E-state index in [1.54, 1.807) is 20.8 Å². The first-order chi connectivity index (χ1) is 17.3. The number of hydrogen-bond donors (Lipinski definition) is 2. The van der Waals surface area contributed by atoms with Crippen LogP contribution in [0.15, 0.2) is 11.6 Å². The minimum absolute atomic E-state index is 0.00632. The average Bonchev–Trinajstić information content (AvgIpc) is 3.44. The second-order valence-corrected chi connectivity index (χ2v) is 12.7. The number of ketones is 1. The first kappa shape index (κ1) is 23.8. The lowest BCUT2D eigenvalue weighted by atomic mass is 9.36. The van der Waals surface area contributed by atoms with E-state index in [9.17, 15) is 29.4 Å². The van der Waals surface area contributed by atoms with Crippen LogP contribution in [0.25, 0.3) is 0 Å². The highest BCUT2D eigenvalue weighted by Gasteiger charge is 2.90. The molecule has 6 fully saturated rings. The summed E-state index contributed by atoms with van der Waals surface area (Å²) in [6.07, 6.45) is -3.74. The van der Waals surface area contributed by atoms with E-state index >= 15 is 0 Å². The Morgan fingerprint density at radius 3 is 2.38 bits per heavy atom. The van der Waals surface area contributed by atoms with Crippen LogP contribution in [0.3, 0.4) is 0 Å². The van der Waals surface area contributed by atoms with Gasteiger partial charge in [-0.1, -0.05) is 13.8 Å². The van der Waals surface area contributed by atoms with E-state index in [4.69, 9.17) is 23.7 Å². The Morgan fingerprint density at radius 1 is 0.973 bits per heavy atom. The lowest BCUT2D eigenvalue weighted by Gasteiger charge is -2.66. The van der Waals surface area contributed by atoms with Gasteiger partial charge in [0.25, 0.3) is 0 Å². The van der Waals surface area contributed by atoms with Gasteiger partial charge in [-0.25, -0.2) is 9.59 Å². The molecule has 5 heterocycles. The highest BCUT2D eigenvalue weighted by Crippen LogP contribution is 2.79. The number of ether oxygens (including phenoxy) is 5. The lowest BCUT2D eigenvalue weighted by Crippen LogP contribution is -2.77. The van der Waals surface area contributed by atoms with Crippen LogP contribution in [-0.4, -0.2) is 82.4 Å². The molecule has 200 valence electrons. The number of carbonyl (C=O) groups is 4. The number of cyclic esters (lactones) is 3. The third-order valence-corrected chi connectivity index (χ3v) is 11.0. The predicted octanol–water partition coefficient (Wildman–Crippen LogP) is -0.0559. The monoisotopic (exact) mass is 518 g/mol. The normalized spacial score (nSPS) is 55.0. The standard InChI is InChI=1S/C26H30O11/c1-22(2)16-15(29)17(30)24(4)11(25(16)9-33-13(27)8-12(25)36-22)5-6-23(3)18(10-7-14(28)34-20(10)31)35-21(32)19-26(23,24)37-19/h7,11-12,16-20,30-31H,5-6,8-9H2,1-4H3/t11-,12-,16-,17-,18-,19+,20-,23-,24-,25-,26+/m0/s1. The summed E-state index contributed by atoms with van der Waals surface area (Å²) in [5, 5.41) is 22.3. The molecular formula is C26H30O11. The third kappa shape index (κ3) is 2.36. The molecule has 4 saturated heterocycles. The summed E-state index contributed by atoms with van der Waals surface area (Å²) in [4.78, 5) is 51.6. The number of aliphatic hydroxyl groups excluding tert-OH is 2. The zero-order valence-electron chi connectivity index (χ0n) is 21.0. The van der Waals surface area contributed by atoms with E-state index in [1.165, 1.54) is 0 Å². The lowest BCUT2D eigenvalue weighted by molar-refractivity contribution is -0.249. The Balaban J connectivity index is 1.41. The van der Waals surface area contributed by atoms with Gasteiger partial charge in [0.1, 0.15) is 24.4 Å². The second kappa shape index (κ2) is 6.62. The minimum atomic E-state index is -1.58. The van der Waals surface area contributed by atoms with Crippen LogP contribution in [0.5, 0.6) is 0 Å². The molecule has 11 atom stereocenters. The van der Waals surface area contributed by atoms with Gasteiger partial charge in [0.15, 0.2) is 11.9 Å². The van der Waals surface area contributed by atoms with Gasteiger partial charge in [0.05, 0.1) is 24.0 Å². The molecule has 0 aromatic heterocycles. The van der Waals surface area contributed by atoms with Gasteiger partial charge in [-0.15, -0.1) is 0 Å². The molecule has 0 unspecified atom stereocenters. The molecule has 2 saturated carbocycles. The van der Waals surface area contributed by atoms with E-state index in [2.05, 4.69) is 0 Å². The Kier molecular flexibility index (Phi) is 4.25. The fourth-order valence-corrected chi connectivity index (χ4v) is 9.72. The van der Waals surface area contributed by atoms with Crippen LogP contribution in [0.4, 0.5) is 0 Å². The van der Waals surface area contributed by atoms with Crippen molar-refractivity contribution in [2.75, 3.05) is 6.61 Å². The third-order valence-electron chi connectivity index (χ3n) is 11.0. The molecule has 11 heteroatoms. The van der Waals surface area contributed by atoms with Gasteiger partial charge in [0, 0.05) is 27.9 Å². The summed E-state index contributed by atoms with van der Waals surface area (Å²) in [5.74, 6) is -3.39. The van der Waals surface area contributed by atoms with Gasteiger partial charge in [0.2, 0.25) is 6.29 Å². The summed E-state index contributed by atoms with van der Waals surface area (Å²) in [5.41, 5.74) is -5.35. The molecule has 11 nitrogen and oxygen atoms in total. The Morgan fingerprint density at radius 2 is 1.70 bits per heavy atom. The summed E-state index contributed by atoms with van der Waals surface area (Å²) >= 11 is 0. The van der Waals surface area contributed by atoms with Gasteiger partial charge in [-0.2, -0.15) is 0 Å². The van der Waals surface area contributed by atoms with Crippen molar-refractivity contribution in [2.45, 2.75) is 88.9 Å². The van der Waals surface area contributed by atoms with Crippen molar-refractivity contribution in [1.29, 1.82) is 0 Å². The molecule has 0 bridgehead atoms. The van der Waals surface area contributed by atoms with E-state index in [0.717, 1.165) is 6.08 Å². The summed E-state index contributed by atoms with van der Waals surface area (Å²) < 4.78 is 28.9. The smallest absolute Gasteiger partial charge is 0.339 e. The second-order valence-electron chi connectivity index (χ2n) is 12.7. The number of carbonyl (C=O) groups excluding carboxylic acids is 4. The molecule has 0 aromatic carbocycles. The quantitative estimate of drug-likeness (QED) is 0.272. The van der Waals surface area contributed by atoms with E-state index in [0.29, 0.717) is 12.8 Å². The molecule has 7 rings (SSSR count). The van der Waals surface area contributed by atoms with E-state index in [1.807, 2.05) is 6.92 Å². The number of epoxide rings is 1. The Labute approximate surface area is 212 Å². The highest BCUT2D eigenvalue weighted by molar-refractivity contribution is 5.92. The molecule has 7 aliphatic rings. The largest absolute Gasteiger partial charge is 0.465 e. The van der Waals surface area contributed by atoms with Gasteiger partial charge in [-0.3, -0.25) is 9.59 Å². The number of aliphatic hydroxyl groups is 2. The molecule has 37 heavy (non-hydrogen) atoms. The molecule has 0 radical (unpaired) electrons. The maximum atomic E-state index is 14.1. The summed E-state index contributed by atoms with van der Waals surface area (Å²) in [6.45, 7) is 7.20. The van der Waals surface area contributed by atoms with Crippen LogP contribution in [-0.2, 0) is 42.9 Å². The first-order valence-electron chi connectivity index (χ1n) is 12.8. The van der Waals surface area contributed by atoms with Crippen molar-refractivity contribution < 1.29 is 53.1 Å². The number of rotatable bonds is 1. The fourth-order valence-electron chi connectivity index (χ4n) is 9.72. The van der Waals surface area contributed by atoms with Gasteiger partial charge in [-0.05, 0) is 32.6 Å². The summed E-state index contributed by atoms with van der Waals surface area (Å²) in [6, 6.07) is 0. The van der Waals surface area contributed by atoms with Crippen molar-refractivity contribution in [3.05, 3.63) is 11.6 Å². The molecule has 5 aliphatic heterocycles. The van der Waals surface area contributed by atoms with E-state index < -0.39 is 93.7 Å². The van der Waals surface area contributed by atoms with Crippen LogP contribution >= 0.6 is 0 Å². The predicted molar refractivity (Wildman–Crippen MR) is 118 cm³/mol. The van der Waals surface area contributed by atoms with Crippen molar-refractivity contribution in [3.63, 3.8) is 0 Å². The SMILES string of the molecule is CC1(C)O[C@H]2CC(=O)OC[C@]23[C@H]2CC[C@@]4(C)[C@H](C5=CC(=O)O[C@@H]5O)OC(=O)[C@H]5O[C@]54[C@]2(C)[C@@H](O)C(=O)[C@@H]13. The number of hydrogen-bond acceptors (Lipinski definition) is 11. The van der Waals surface area contributed by atoms with Crippen LogP contribution in [0.2, 0.25) is 0 Å². The van der Waals surface area contributed by atoms with Crippen molar-refractivity contribution in [1.82, 2.24) is 0 Å². The fraction of sp³-hybridized carbons (Fsp3) is 0.769. The van der Waals surface area contributed by atoms with Crippen molar-refractivity contribution in [3.8, 4) is 0 Å². The number of esters is 3. The maximum Gasteiger partial charge on any atom is 0.339 e. The zero-order chi connectivity index (χ0) is 26.5. The topological polar surface area (TPSA) is 158 Å². The van der Waals surface area contributed by atoms with E-state index in [-0.39, 0.29) is 18.6 Å². The molecular weight excluding hydrogens is 488 g/mol. The van der Waals surface area contributed by atoms with Crippen LogP contribution in [0, 0.1) is 28.1 Å². The van der Waals surface area contributed by atoms with Gasteiger partial charge >= 0.3 is 17.9 Å². The zero-order valence-corrected chi connectivity index (χ0v) is 21.0. The molecule has 0 aromatic rings. The van der Waals surface area contributed by atoms with Crippen molar-refractivity contribution >= 4 is 23.7 Å². The maximum absolute atomic E-state index is 14.1. The summed E-state index contributed by atoms with van der Waals surface area (Å²) in [7, 11) is 0. The molecule has 2 aliphatic carbocycles. The first-order valence-corrected chi connectivity index (χ1v) is 12.8. The molecule has 0 amide bonds. The number of Topliss-reactive ketones (excluding diaryl/α,β-unsaturated/α-hetero) is 1.